The molecule has 1 aliphatic rings. The molecular formula is C51H56Cl6N6O5S. The third-order valence-electron chi connectivity index (χ3n) is 11.4. The van der Waals surface area contributed by atoms with Gasteiger partial charge in [-0.15, -0.1) is 0 Å². The van der Waals surface area contributed by atoms with Crippen molar-refractivity contribution in [1.82, 2.24) is 19.8 Å². The molecule has 0 aliphatic carbocycles. The van der Waals surface area contributed by atoms with Crippen molar-refractivity contribution in [1.29, 1.82) is 0 Å². The summed E-state index contributed by atoms with van der Waals surface area (Å²) in [5, 5.41) is 2.45. The Morgan fingerprint density at radius 1 is 0.609 bits per heavy atom. The number of amides is 2. The maximum atomic E-state index is 12.8. The van der Waals surface area contributed by atoms with Crippen molar-refractivity contribution >= 4 is 91.5 Å². The fourth-order valence-corrected chi connectivity index (χ4v) is 9.81. The van der Waals surface area contributed by atoms with Crippen LogP contribution in [-0.4, -0.2) is 79.0 Å². The quantitative estimate of drug-likeness (QED) is 0.101. The summed E-state index contributed by atoms with van der Waals surface area (Å²) in [6.07, 6.45) is 0.951. The van der Waals surface area contributed by atoms with Gasteiger partial charge in [-0.1, -0.05) is 128 Å². The average molecular weight is 1080 g/mol. The zero-order chi connectivity index (χ0) is 48.7. The Balaban J connectivity index is 0.000000293. The number of primary amides is 2. The molecule has 0 saturated carbocycles. The zero-order valence-corrected chi connectivity index (χ0v) is 42.4. The van der Waals surface area contributed by atoms with Gasteiger partial charge in [-0.3, -0.25) is 28.6 Å². The number of rotatable bonds is 14. The normalized spacial score (nSPS) is 13.8. The Kier molecular flexibility index (Phi) is 20.9. The number of pyridine rings is 2. The smallest absolute Gasteiger partial charge is 0.264 e. The Morgan fingerprint density at radius 2 is 0.971 bits per heavy atom. The summed E-state index contributed by atoms with van der Waals surface area (Å²) in [5.41, 5.74) is 19.2. The molecule has 0 bridgehead atoms. The maximum absolute atomic E-state index is 12.8. The minimum atomic E-state index is -3.71. The van der Waals surface area contributed by atoms with Gasteiger partial charge in [0.2, 0.25) is 11.8 Å². The van der Waals surface area contributed by atoms with E-state index in [2.05, 4.69) is 27.8 Å². The lowest BCUT2D eigenvalue weighted by molar-refractivity contribution is -0.119. The molecule has 2 amide bonds. The molecular weight excluding hydrogens is 1020 g/mol. The van der Waals surface area contributed by atoms with Crippen molar-refractivity contribution in [2.24, 2.45) is 11.5 Å². The number of nitrogens with zero attached hydrogens (tertiary/aromatic N) is 4. The largest absolute Gasteiger partial charge is 0.369 e. The lowest BCUT2D eigenvalue weighted by atomic mass is 9.92. The number of hydrogen-bond donors (Lipinski definition) is 2. The highest BCUT2D eigenvalue weighted by Crippen LogP contribution is 2.39. The highest BCUT2D eigenvalue weighted by molar-refractivity contribution is 7.85. The SMILES string of the molecule is C.C.CCN1CCN(Cc2cc(-c3cccc(Cl)c3C)nc(C(C(N)=O)c3c(Cl)cccc3Cl)c2)CC1.Cc1c(Cl)cccc1-c1cc(COS(C)(=O)=O)cc(C(C(N)=O)c2c(Cl)cccc2Cl)n1. The topological polar surface area (TPSA) is 162 Å². The second-order valence-electron chi connectivity index (χ2n) is 16.0. The van der Waals surface area contributed by atoms with Gasteiger partial charge in [-0.25, -0.2) is 0 Å². The van der Waals surface area contributed by atoms with Crippen LogP contribution in [0.15, 0.2) is 97.1 Å². The minimum absolute atomic E-state index is 0. The van der Waals surface area contributed by atoms with E-state index in [0.717, 1.165) is 73.5 Å². The van der Waals surface area contributed by atoms with Gasteiger partial charge in [0, 0.05) is 85.1 Å². The van der Waals surface area contributed by atoms with E-state index in [9.17, 15) is 18.0 Å². The second-order valence-corrected chi connectivity index (χ2v) is 20.1. The number of hydrogen-bond acceptors (Lipinski definition) is 9. The van der Waals surface area contributed by atoms with E-state index >= 15 is 0 Å². The molecule has 0 radical (unpaired) electrons. The third kappa shape index (κ3) is 14.4. The summed E-state index contributed by atoms with van der Waals surface area (Å²) in [5.74, 6) is -3.24. The summed E-state index contributed by atoms with van der Waals surface area (Å²) in [6.45, 7) is 11.5. The van der Waals surface area contributed by atoms with Gasteiger partial charge in [0.25, 0.3) is 10.1 Å². The van der Waals surface area contributed by atoms with E-state index in [4.69, 9.17) is 90.2 Å². The van der Waals surface area contributed by atoms with E-state index < -0.39 is 33.8 Å². The van der Waals surface area contributed by atoms with E-state index in [0.29, 0.717) is 53.7 Å². The first-order valence-corrected chi connectivity index (χ1v) is 25.1. The van der Waals surface area contributed by atoms with Crippen LogP contribution in [0.5, 0.6) is 0 Å². The van der Waals surface area contributed by atoms with Gasteiger partial charge in [0.05, 0.1) is 35.6 Å². The minimum Gasteiger partial charge on any atom is -0.369 e. The number of halogens is 6. The van der Waals surface area contributed by atoms with Crippen molar-refractivity contribution in [3.05, 3.63) is 172 Å². The van der Waals surface area contributed by atoms with Gasteiger partial charge in [0.1, 0.15) is 11.8 Å². The van der Waals surface area contributed by atoms with Crippen LogP contribution in [0.1, 0.15) is 78.4 Å². The molecule has 7 rings (SSSR count). The monoisotopic (exact) mass is 1070 g/mol. The molecule has 0 spiro atoms. The second kappa shape index (κ2) is 25.2. The van der Waals surface area contributed by atoms with Crippen molar-refractivity contribution in [2.75, 3.05) is 39.0 Å². The molecule has 11 nitrogen and oxygen atoms in total. The van der Waals surface area contributed by atoms with Crippen molar-refractivity contribution in [2.45, 2.75) is 60.6 Å². The first-order chi connectivity index (χ1) is 31.8. The summed E-state index contributed by atoms with van der Waals surface area (Å²) in [4.78, 5) is 39.7. The van der Waals surface area contributed by atoms with E-state index in [1.54, 1.807) is 60.7 Å². The zero-order valence-electron chi connectivity index (χ0n) is 37.0. The molecule has 2 aromatic heterocycles. The maximum Gasteiger partial charge on any atom is 0.264 e. The van der Waals surface area contributed by atoms with Crippen LogP contribution in [0.2, 0.25) is 30.1 Å². The first-order valence-electron chi connectivity index (χ1n) is 21.0. The average Bonchev–Trinajstić information content (AvgIpc) is 3.27. The molecule has 1 fully saturated rings. The Morgan fingerprint density at radius 3 is 1.36 bits per heavy atom. The molecule has 18 heteroatoms. The van der Waals surface area contributed by atoms with Crippen LogP contribution in [0.4, 0.5) is 0 Å². The van der Waals surface area contributed by atoms with Gasteiger partial charge < -0.3 is 16.4 Å². The van der Waals surface area contributed by atoms with Crippen molar-refractivity contribution in [3.63, 3.8) is 0 Å². The van der Waals surface area contributed by atoms with E-state index in [1.165, 1.54) is 0 Å². The predicted octanol–water partition coefficient (Wildman–Crippen LogP) is 12.2. The fraction of sp³-hybridized carbons (Fsp3) is 0.294. The van der Waals surface area contributed by atoms with Crippen LogP contribution in [0.25, 0.3) is 22.5 Å². The number of aromatic nitrogens is 2. The summed E-state index contributed by atoms with van der Waals surface area (Å²) < 4.78 is 28.0. The van der Waals surface area contributed by atoms with Crippen LogP contribution >= 0.6 is 69.6 Å². The Bertz CT molecular complexity index is 2880. The van der Waals surface area contributed by atoms with Crippen molar-refractivity contribution in [3.8, 4) is 22.5 Å². The molecule has 2 unspecified atom stereocenters. The number of benzene rings is 4. The standard InChI is InChI=1S/C27H29Cl3N4O.C22H19Cl3N2O4S.2CH4/c1-3-33-10-12-34(13-11-33)16-18-14-23(19-6-4-7-20(28)17(19)2)32-24(15-18)26(27(31)35)25-21(29)8-5-9-22(25)30;1-12-14(5-3-6-15(12)23)18-9-13(11-31-32(2,29)30)10-19(27-18)21(22(26)28)20-16(24)7-4-8-17(20)25;;/h4-9,14-15,26H,3,10-13,16H2,1-2H3,(H2,31,35);3-10,21H,11H2,1-2H3,(H2,26,28);2*1H4. The molecule has 6 aromatic rings. The van der Waals surface area contributed by atoms with E-state index in [-0.39, 0.29) is 37.2 Å². The van der Waals surface area contributed by atoms with Crippen LogP contribution in [0, 0.1) is 13.8 Å². The van der Waals surface area contributed by atoms with Gasteiger partial charge in [0.15, 0.2) is 0 Å². The summed E-state index contributed by atoms with van der Waals surface area (Å²) in [6, 6.07) is 28.3. The third-order valence-corrected chi connectivity index (χ3v) is 14.1. The summed E-state index contributed by atoms with van der Waals surface area (Å²) in [7, 11) is -3.71. The Labute approximate surface area is 436 Å². The van der Waals surface area contributed by atoms with Gasteiger partial charge in [-0.2, -0.15) is 8.42 Å². The predicted molar refractivity (Wildman–Crippen MR) is 284 cm³/mol. The van der Waals surface area contributed by atoms with Crippen molar-refractivity contribution < 1.29 is 22.2 Å². The number of carbonyl (C=O) groups is 2. The lowest BCUT2D eigenvalue weighted by Crippen LogP contribution is -2.45. The molecule has 1 saturated heterocycles. The molecule has 69 heavy (non-hydrogen) atoms. The number of nitrogens with two attached hydrogens (primary N) is 2. The van der Waals surface area contributed by atoms with Crippen LogP contribution in [-0.2, 0) is 37.0 Å². The van der Waals surface area contributed by atoms with E-state index in [1.807, 2.05) is 44.2 Å². The number of likely N-dealkylation sites (N-methyl/N-ethyl adjacent to an activating group) is 1. The van der Waals surface area contributed by atoms with Gasteiger partial charge >= 0.3 is 0 Å². The number of piperazine rings is 1. The molecule has 2 atom stereocenters. The van der Waals surface area contributed by atoms with Crippen LogP contribution in [0.3, 0.4) is 0 Å². The first kappa shape index (κ1) is 57.3. The molecule has 1 aliphatic heterocycles. The molecule has 4 N–H and O–H groups in total. The Hall–Kier alpha value is -4.31. The molecule has 3 heterocycles. The molecule has 368 valence electrons. The van der Waals surface area contributed by atoms with Gasteiger partial charge in [-0.05, 0) is 103 Å². The van der Waals surface area contributed by atoms with Crippen LogP contribution < -0.4 is 11.5 Å². The highest BCUT2D eigenvalue weighted by Gasteiger charge is 2.30. The summed E-state index contributed by atoms with van der Waals surface area (Å²) >= 11 is 38.4. The number of carbonyl (C=O) groups excluding carboxylic acids is 2. The lowest BCUT2D eigenvalue weighted by Gasteiger charge is -2.34. The highest BCUT2D eigenvalue weighted by atomic mass is 35.5. The molecule has 4 aromatic carbocycles. The fourth-order valence-electron chi connectivity index (χ4n) is 7.88.